The van der Waals surface area contributed by atoms with E-state index in [1.165, 1.54) is 25.0 Å². The van der Waals surface area contributed by atoms with Crippen LogP contribution in [0.1, 0.15) is 43.7 Å². The number of carbonyl (C=O) groups excluding carboxylic acids is 1. The van der Waals surface area contributed by atoms with Crippen molar-refractivity contribution in [2.75, 3.05) is 13.1 Å². The maximum atomic E-state index is 12.9. The molecule has 0 radical (unpaired) electrons. The normalized spacial score (nSPS) is 32.3. The van der Waals surface area contributed by atoms with E-state index in [2.05, 4.69) is 16.1 Å². The number of hydrogen-bond acceptors (Lipinski definition) is 3. The Balaban J connectivity index is 0.00000104. The molecule has 1 amide bonds. The second-order valence-electron chi connectivity index (χ2n) is 7.42. The van der Waals surface area contributed by atoms with Gasteiger partial charge in [0.1, 0.15) is 0 Å². The first-order chi connectivity index (χ1) is 10.6. The lowest BCUT2D eigenvalue weighted by molar-refractivity contribution is -0.138. The molecule has 7 heteroatoms. The minimum absolute atomic E-state index is 0. The molecular weight excluding hydrogens is 347 g/mol. The lowest BCUT2D eigenvalue weighted by Gasteiger charge is -2.37. The summed E-state index contributed by atoms with van der Waals surface area (Å²) in [6.07, 6.45) is 7.57. The maximum Gasteiger partial charge on any atom is 0.227 e. The van der Waals surface area contributed by atoms with E-state index in [0.717, 1.165) is 25.9 Å². The average Bonchev–Trinajstić information content (AvgIpc) is 3.23. The molecule has 4 unspecified atom stereocenters. The molecular formula is C17H28Cl2N4O. The van der Waals surface area contributed by atoms with Gasteiger partial charge in [0.05, 0.1) is 5.92 Å². The number of halogens is 2. The number of nitrogens with zero attached hydrogens (tertiary/aromatic N) is 3. The van der Waals surface area contributed by atoms with Gasteiger partial charge < -0.3 is 10.6 Å². The van der Waals surface area contributed by atoms with Crippen LogP contribution in [0.15, 0.2) is 12.3 Å². The SMILES string of the molecule is Cl.Cl.Cn1nccc1C1CCN(C(=O)C2C3CCC(C3)C2N)CC1. The minimum atomic E-state index is 0. The van der Waals surface area contributed by atoms with Gasteiger partial charge in [-0.05, 0) is 50.0 Å². The molecule has 0 aromatic carbocycles. The van der Waals surface area contributed by atoms with E-state index in [9.17, 15) is 4.79 Å². The van der Waals surface area contributed by atoms with Crippen LogP contribution in [0.2, 0.25) is 0 Å². The Labute approximate surface area is 156 Å². The van der Waals surface area contributed by atoms with Crippen molar-refractivity contribution in [3.8, 4) is 0 Å². The van der Waals surface area contributed by atoms with E-state index in [1.54, 1.807) is 0 Å². The monoisotopic (exact) mass is 374 g/mol. The first-order valence-electron chi connectivity index (χ1n) is 8.67. The van der Waals surface area contributed by atoms with Gasteiger partial charge >= 0.3 is 0 Å². The number of aromatic nitrogens is 2. The summed E-state index contributed by atoms with van der Waals surface area (Å²) in [5, 5.41) is 4.26. The summed E-state index contributed by atoms with van der Waals surface area (Å²) in [5.74, 6) is 2.13. The van der Waals surface area contributed by atoms with Crippen molar-refractivity contribution in [2.24, 2.45) is 30.5 Å². The molecule has 2 saturated carbocycles. The largest absolute Gasteiger partial charge is 0.342 e. The lowest BCUT2D eigenvalue weighted by Crippen LogP contribution is -2.49. The van der Waals surface area contributed by atoms with Crippen molar-refractivity contribution in [2.45, 2.75) is 44.1 Å². The fourth-order valence-corrected chi connectivity index (χ4v) is 5.09. The van der Waals surface area contributed by atoms with Gasteiger partial charge in [-0.2, -0.15) is 5.10 Å². The van der Waals surface area contributed by atoms with Crippen molar-refractivity contribution in [1.82, 2.24) is 14.7 Å². The van der Waals surface area contributed by atoms with E-state index in [-0.39, 0.29) is 36.8 Å². The van der Waals surface area contributed by atoms with E-state index in [4.69, 9.17) is 5.73 Å². The average molecular weight is 375 g/mol. The molecule has 24 heavy (non-hydrogen) atoms. The zero-order chi connectivity index (χ0) is 15.3. The van der Waals surface area contributed by atoms with Gasteiger partial charge in [-0.3, -0.25) is 9.48 Å². The van der Waals surface area contributed by atoms with E-state index in [0.29, 0.717) is 23.7 Å². The number of hydrogen-bond donors (Lipinski definition) is 1. The maximum absolute atomic E-state index is 12.9. The highest BCUT2D eigenvalue weighted by atomic mass is 35.5. The fraction of sp³-hybridized carbons (Fsp3) is 0.765. The van der Waals surface area contributed by atoms with Gasteiger partial charge in [-0.25, -0.2) is 0 Å². The molecule has 2 aliphatic carbocycles. The van der Waals surface area contributed by atoms with Crippen LogP contribution < -0.4 is 5.73 Å². The predicted octanol–water partition coefficient (Wildman–Crippen LogP) is 2.34. The van der Waals surface area contributed by atoms with E-state index >= 15 is 0 Å². The molecule has 3 fully saturated rings. The van der Waals surface area contributed by atoms with E-state index in [1.807, 2.05) is 17.9 Å². The van der Waals surface area contributed by atoms with Crippen molar-refractivity contribution in [3.05, 3.63) is 18.0 Å². The molecule has 5 nitrogen and oxygen atoms in total. The van der Waals surface area contributed by atoms with Crippen LogP contribution in [-0.4, -0.2) is 39.7 Å². The summed E-state index contributed by atoms with van der Waals surface area (Å²) in [4.78, 5) is 15.0. The van der Waals surface area contributed by atoms with Crippen molar-refractivity contribution in [3.63, 3.8) is 0 Å². The van der Waals surface area contributed by atoms with Gasteiger partial charge in [0.15, 0.2) is 0 Å². The van der Waals surface area contributed by atoms with Crippen molar-refractivity contribution < 1.29 is 4.79 Å². The molecule has 2 N–H and O–H groups in total. The highest BCUT2D eigenvalue weighted by molar-refractivity contribution is 5.85. The van der Waals surface area contributed by atoms with Crippen LogP contribution in [0.25, 0.3) is 0 Å². The highest BCUT2D eigenvalue weighted by Crippen LogP contribution is 2.48. The van der Waals surface area contributed by atoms with Crippen molar-refractivity contribution >= 4 is 30.7 Å². The van der Waals surface area contributed by atoms with Gasteiger partial charge in [-0.1, -0.05) is 0 Å². The topological polar surface area (TPSA) is 64.2 Å². The number of rotatable bonds is 2. The molecule has 3 aliphatic rings. The van der Waals surface area contributed by atoms with Crippen LogP contribution >= 0.6 is 24.8 Å². The third-order valence-corrected chi connectivity index (χ3v) is 6.35. The molecule has 1 aromatic heterocycles. The summed E-state index contributed by atoms with van der Waals surface area (Å²) in [7, 11) is 2.00. The summed E-state index contributed by atoms with van der Waals surface area (Å²) in [5.41, 5.74) is 7.63. The standard InChI is InChI=1S/C17H26N4O.2ClH/c1-20-14(4-7-19-20)11-5-8-21(9-6-11)17(22)15-12-2-3-13(10-12)16(15)18;;/h4,7,11-13,15-16H,2-3,5-6,8-10,18H2,1H3;2*1H. The van der Waals surface area contributed by atoms with Crippen LogP contribution in [0, 0.1) is 17.8 Å². The summed E-state index contributed by atoms with van der Waals surface area (Å²) < 4.78 is 1.97. The zero-order valence-corrected chi connectivity index (χ0v) is 15.8. The number of amides is 1. The molecule has 1 aromatic rings. The van der Waals surface area contributed by atoms with E-state index < -0.39 is 0 Å². The fourth-order valence-electron chi connectivity index (χ4n) is 5.09. The predicted molar refractivity (Wildman–Crippen MR) is 98.6 cm³/mol. The third-order valence-electron chi connectivity index (χ3n) is 6.35. The second-order valence-corrected chi connectivity index (χ2v) is 7.42. The Hall–Kier alpha value is -0.780. The highest BCUT2D eigenvalue weighted by Gasteiger charge is 2.50. The number of aryl methyl sites for hydroxylation is 1. The van der Waals surface area contributed by atoms with Crippen LogP contribution in [0.4, 0.5) is 0 Å². The van der Waals surface area contributed by atoms with Crippen LogP contribution in [0.3, 0.4) is 0 Å². The molecule has 2 bridgehead atoms. The Morgan fingerprint density at radius 3 is 2.38 bits per heavy atom. The molecule has 4 rings (SSSR count). The van der Waals surface area contributed by atoms with Gasteiger partial charge in [0.25, 0.3) is 0 Å². The van der Waals surface area contributed by atoms with Gasteiger partial charge in [-0.15, -0.1) is 24.8 Å². The van der Waals surface area contributed by atoms with Crippen molar-refractivity contribution in [1.29, 1.82) is 0 Å². The molecule has 1 aliphatic heterocycles. The Bertz CT molecular complexity index is 569. The van der Waals surface area contributed by atoms with Crippen LogP contribution in [-0.2, 0) is 11.8 Å². The Morgan fingerprint density at radius 1 is 1.17 bits per heavy atom. The smallest absolute Gasteiger partial charge is 0.227 e. The number of fused-ring (bicyclic) bond motifs is 2. The molecule has 136 valence electrons. The first kappa shape index (κ1) is 19.5. The summed E-state index contributed by atoms with van der Waals surface area (Å²) in [6, 6.07) is 2.22. The van der Waals surface area contributed by atoms with Gasteiger partial charge in [0.2, 0.25) is 5.91 Å². The molecule has 1 saturated heterocycles. The molecule has 4 atom stereocenters. The van der Waals surface area contributed by atoms with Crippen LogP contribution in [0.5, 0.6) is 0 Å². The Kier molecular flexibility index (Phi) is 6.21. The number of piperidine rings is 1. The number of likely N-dealkylation sites (tertiary alicyclic amines) is 1. The quantitative estimate of drug-likeness (QED) is 0.863. The number of carbonyl (C=O) groups is 1. The second kappa shape index (κ2) is 7.63. The summed E-state index contributed by atoms with van der Waals surface area (Å²) in [6.45, 7) is 1.74. The first-order valence-corrected chi connectivity index (χ1v) is 8.67. The zero-order valence-electron chi connectivity index (χ0n) is 14.1. The lowest BCUT2D eigenvalue weighted by atomic mass is 9.83. The third kappa shape index (κ3) is 3.18. The summed E-state index contributed by atoms with van der Waals surface area (Å²) >= 11 is 0. The van der Waals surface area contributed by atoms with Gasteiger partial charge in [0, 0.05) is 44.0 Å². The molecule has 0 spiro atoms. The Morgan fingerprint density at radius 2 is 1.83 bits per heavy atom. The number of nitrogens with two attached hydrogens (primary N) is 1. The minimum Gasteiger partial charge on any atom is -0.342 e. The molecule has 2 heterocycles.